The Bertz CT molecular complexity index is 814. The average molecular weight is 303 g/mol. The summed E-state index contributed by atoms with van der Waals surface area (Å²) < 4.78 is 19.4. The minimum Gasteiger partial charge on any atom is -0.380 e. The predicted molar refractivity (Wildman–Crippen MR) is 81.5 cm³/mol. The van der Waals surface area contributed by atoms with Crippen molar-refractivity contribution in [3.63, 3.8) is 0 Å². The third-order valence-corrected chi connectivity index (χ3v) is 3.44. The highest BCUT2D eigenvalue weighted by atomic mass is 35.5. The number of nitrogen functional groups attached to an aromatic ring is 1. The third-order valence-electron chi connectivity index (χ3n) is 3.20. The Hall–Kier alpha value is -2.33. The molecule has 3 nitrogen and oxygen atoms in total. The van der Waals surface area contributed by atoms with Crippen molar-refractivity contribution in [2.24, 2.45) is 0 Å². The van der Waals surface area contributed by atoms with Crippen LogP contribution in [-0.2, 0) is 0 Å². The number of rotatable bonds is 2. The Balaban J connectivity index is 2.22. The smallest absolute Gasteiger partial charge is 0.179 e. The Kier molecular flexibility index (Phi) is 3.39. The normalized spacial score (nSPS) is 10.8. The monoisotopic (exact) mass is 302 g/mol. The summed E-state index contributed by atoms with van der Waals surface area (Å²) in [5.74, 6) is 0.119. The van der Waals surface area contributed by atoms with E-state index in [2.05, 4.69) is 5.16 Å². The Morgan fingerprint density at radius 3 is 2.71 bits per heavy atom. The highest BCUT2D eigenvalue weighted by molar-refractivity contribution is 6.30. The van der Waals surface area contributed by atoms with Gasteiger partial charge in [-0.15, -0.1) is 0 Å². The molecule has 0 unspecified atom stereocenters. The van der Waals surface area contributed by atoms with E-state index in [1.807, 2.05) is 13.0 Å². The first-order valence-corrected chi connectivity index (χ1v) is 6.71. The van der Waals surface area contributed by atoms with Crippen molar-refractivity contribution in [2.45, 2.75) is 6.92 Å². The van der Waals surface area contributed by atoms with Crippen LogP contribution >= 0.6 is 11.6 Å². The lowest BCUT2D eigenvalue weighted by atomic mass is 10.0. The number of nitrogens with two attached hydrogens (primary N) is 1. The predicted octanol–water partition coefficient (Wildman–Crippen LogP) is 4.69. The van der Waals surface area contributed by atoms with E-state index in [4.69, 9.17) is 21.9 Å². The lowest BCUT2D eigenvalue weighted by Gasteiger charge is -2.05. The zero-order valence-corrected chi connectivity index (χ0v) is 12.0. The fourth-order valence-electron chi connectivity index (χ4n) is 2.21. The summed E-state index contributed by atoms with van der Waals surface area (Å²) >= 11 is 6.00. The zero-order chi connectivity index (χ0) is 15.0. The molecule has 0 spiro atoms. The van der Waals surface area contributed by atoms with Gasteiger partial charge in [0.1, 0.15) is 5.82 Å². The molecule has 1 aromatic heterocycles. The molecule has 1 heterocycles. The van der Waals surface area contributed by atoms with Crippen LogP contribution in [0, 0.1) is 12.7 Å². The molecule has 0 aliphatic heterocycles. The molecule has 21 heavy (non-hydrogen) atoms. The van der Waals surface area contributed by atoms with Gasteiger partial charge in [-0.05, 0) is 42.3 Å². The van der Waals surface area contributed by atoms with Crippen molar-refractivity contribution in [3.8, 4) is 22.5 Å². The standard InChI is InChI=1S/C16H12ClFN2O/c1-9-5-6-12(13(18)7-9)15-14(16(19)20-21-15)10-3-2-4-11(17)8-10/h2-8H,1H3,(H2,19,20). The molecule has 3 rings (SSSR count). The topological polar surface area (TPSA) is 52.0 Å². The third kappa shape index (κ3) is 2.50. The van der Waals surface area contributed by atoms with Crippen LogP contribution in [0.25, 0.3) is 22.5 Å². The number of nitrogens with zero attached hydrogens (tertiary/aromatic N) is 1. The van der Waals surface area contributed by atoms with Crippen molar-refractivity contribution in [2.75, 3.05) is 5.73 Å². The zero-order valence-electron chi connectivity index (χ0n) is 11.2. The first-order valence-electron chi connectivity index (χ1n) is 6.34. The molecule has 0 saturated carbocycles. The fraction of sp³-hybridized carbons (Fsp3) is 0.0625. The van der Waals surface area contributed by atoms with E-state index >= 15 is 0 Å². The van der Waals surface area contributed by atoms with Crippen LogP contribution in [0.4, 0.5) is 10.2 Å². The van der Waals surface area contributed by atoms with Gasteiger partial charge in [0.05, 0.1) is 11.1 Å². The van der Waals surface area contributed by atoms with E-state index in [0.717, 1.165) is 11.1 Å². The Morgan fingerprint density at radius 1 is 1.19 bits per heavy atom. The van der Waals surface area contributed by atoms with Crippen LogP contribution in [0.2, 0.25) is 5.02 Å². The number of aromatic nitrogens is 1. The second kappa shape index (κ2) is 5.22. The first kappa shape index (κ1) is 13.6. The molecule has 5 heteroatoms. The second-order valence-electron chi connectivity index (χ2n) is 4.77. The molecule has 2 aromatic carbocycles. The van der Waals surface area contributed by atoms with Crippen LogP contribution in [0.15, 0.2) is 47.0 Å². The van der Waals surface area contributed by atoms with Crippen molar-refractivity contribution < 1.29 is 8.91 Å². The SMILES string of the molecule is Cc1ccc(-c2onc(N)c2-c2cccc(Cl)c2)c(F)c1. The van der Waals surface area contributed by atoms with E-state index in [9.17, 15) is 4.39 Å². The van der Waals surface area contributed by atoms with Gasteiger partial charge in [-0.1, -0.05) is 35.0 Å². The average Bonchev–Trinajstić information content (AvgIpc) is 2.80. The number of aryl methyl sites for hydroxylation is 1. The van der Waals surface area contributed by atoms with E-state index in [1.54, 1.807) is 30.3 Å². The summed E-state index contributed by atoms with van der Waals surface area (Å²) in [5.41, 5.74) is 8.29. The van der Waals surface area contributed by atoms with Gasteiger partial charge in [0.25, 0.3) is 0 Å². The molecule has 0 radical (unpaired) electrons. The van der Waals surface area contributed by atoms with Gasteiger partial charge >= 0.3 is 0 Å². The van der Waals surface area contributed by atoms with Crippen LogP contribution in [0.5, 0.6) is 0 Å². The van der Waals surface area contributed by atoms with Gasteiger partial charge in [0.2, 0.25) is 0 Å². The summed E-state index contributed by atoms with van der Waals surface area (Å²) in [6.45, 7) is 1.82. The minimum absolute atomic E-state index is 0.201. The maximum atomic E-state index is 14.2. The maximum Gasteiger partial charge on any atom is 0.179 e. The lowest BCUT2D eigenvalue weighted by Crippen LogP contribution is -1.90. The number of halogens is 2. The Morgan fingerprint density at radius 2 is 2.00 bits per heavy atom. The number of hydrogen-bond donors (Lipinski definition) is 1. The van der Waals surface area contributed by atoms with Crippen molar-refractivity contribution >= 4 is 17.4 Å². The largest absolute Gasteiger partial charge is 0.380 e. The number of benzene rings is 2. The maximum absolute atomic E-state index is 14.2. The van der Waals surface area contributed by atoms with E-state index in [0.29, 0.717) is 21.9 Å². The summed E-state index contributed by atoms with van der Waals surface area (Å²) in [6, 6.07) is 12.0. The van der Waals surface area contributed by atoms with Gasteiger partial charge in [0, 0.05) is 5.02 Å². The van der Waals surface area contributed by atoms with E-state index < -0.39 is 0 Å². The molecule has 0 atom stereocenters. The first-order chi connectivity index (χ1) is 10.1. The van der Waals surface area contributed by atoms with Crippen molar-refractivity contribution in [1.29, 1.82) is 0 Å². The molecule has 0 saturated heterocycles. The van der Waals surface area contributed by atoms with E-state index in [1.165, 1.54) is 6.07 Å². The molecule has 0 fully saturated rings. The molecule has 0 bridgehead atoms. The number of anilines is 1. The van der Waals surface area contributed by atoms with Gasteiger partial charge < -0.3 is 10.3 Å². The molecule has 0 aliphatic carbocycles. The van der Waals surface area contributed by atoms with Gasteiger partial charge in [-0.2, -0.15) is 0 Å². The van der Waals surface area contributed by atoms with E-state index in [-0.39, 0.29) is 11.6 Å². The van der Waals surface area contributed by atoms with Crippen molar-refractivity contribution in [3.05, 3.63) is 58.9 Å². The quantitative estimate of drug-likeness (QED) is 0.747. The van der Waals surface area contributed by atoms with Crippen LogP contribution in [0.1, 0.15) is 5.56 Å². The molecular weight excluding hydrogens is 291 g/mol. The van der Waals surface area contributed by atoms with Crippen molar-refractivity contribution in [1.82, 2.24) is 5.16 Å². The molecule has 0 aliphatic rings. The Labute approximate surface area is 126 Å². The van der Waals surface area contributed by atoms with Crippen LogP contribution in [-0.4, -0.2) is 5.16 Å². The summed E-state index contributed by atoms with van der Waals surface area (Å²) in [5, 5.41) is 4.31. The van der Waals surface area contributed by atoms with Gasteiger partial charge in [-0.25, -0.2) is 4.39 Å². The summed E-state index contributed by atoms with van der Waals surface area (Å²) in [6.07, 6.45) is 0. The highest BCUT2D eigenvalue weighted by Crippen LogP contribution is 2.38. The molecular formula is C16H12ClFN2O. The lowest BCUT2D eigenvalue weighted by molar-refractivity contribution is 0.433. The van der Waals surface area contributed by atoms with Gasteiger partial charge in [-0.3, -0.25) is 0 Å². The molecule has 2 N–H and O–H groups in total. The van der Waals surface area contributed by atoms with Gasteiger partial charge in [0.15, 0.2) is 11.6 Å². The minimum atomic E-state index is -0.380. The summed E-state index contributed by atoms with van der Waals surface area (Å²) in [4.78, 5) is 0. The molecule has 3 aromatic rings. The fourth-order valence-corrected chi connectivity index (χ4v) is 2.40. The summed E-state index contributed by atoms with van der Waals surface area (Å²) in [7, 11) is 0. The molecule has 0 amide bonds. The van der Waals surface area contributed by atoms with Crippen LogP contribution < -0.4 is 5.73 Å². The molecule has 106 valence electrons. The van der Waals surface area contributed by atoms with Crippen LogP contribution in [0.3, 0.4) is 0 Å². The highest BCUT2D eigenvalue weighted by Gasteiger charge is 2.20. The second-order valence-corrected chi connectivity index (χ2v) is 5.20. The number of hydrogen-bond acceptors (Lipinski definition) is 3.